The molecule has 2 aliphatic heterocycles. The predicted molar refractivity (Wildman–Crippen MR) is 78.9 cm³/mol. The minimum absolute atomic E-state index is 0.101. The first kappa shape index (κ1) is 15.8. The third-order valence-electron chi connectivity index (χ3n) is 4.23. The highest BCUT2D eigenvalue weighted by Gasteiger charge is 2.67. The van der Waals surface area contributed by atoms with Gasteiger partial charge in [0, 0.05) is 18.2 Å². The van der Waals surface area contributed by atoms with E-state index in [9.17, 15) is 19.2 Å². The van der Waals surface area contributed by atoms with Crippen LogP contribution in [0.3, 0.4) is 0 Å². The van der Waals surface area contributed by atoms with Crippen molar-refractivity contribution in [1.29, 1.82) is 0 Å². The van der Waals surface area contributed by atoms with Crippen LogP contribution in [0.1, 0.15) is 15.9 Å². The molecule has 3 rings (SSSR count). The Hall–Kier alpha value is -2.12. The molecule has 2 aliphatic rings. The Morgan fingerprint density at radius 2 is 1.87 bits per heavy atom. The predicted octanol–water partition coefficient (Wildman–Crippen LogP) is 0.720. The molecule has 1 spiro atoms. The molecule has 2 unspecified atom stereocenters. The van der Waals surface area contributed by atoms with Crippen LogP contribution in [0.2, 0.25) is 10.0 Å². The van der Waals surface area contributed by atoms with E-state index in [-0.39, 0.29) is 21.2 Å². The van der Waals surface area contributed by atoms with Gasteiger partial charge >= 0.3 is 5.97 Å². The van der Waals surface area contributed by atoms with Crippen LogP contribution >= 0.6 is 23.2 Å². The minimum Gasteiger partial charge on any atom is -0.468 e. The van der Waals surface area contributed by atoms with E-state index < -0.39 is 35.1 Å². The number of nitrogens with one attached hydrogen (secondary N) is 1. The molecule has 3 amide bonds. The lowest BCUT2D eigenvalue weighted by Crippen LogP contribution is -2.53. The van der Waals surface area contributed by atoms with Crippen molar-refractivity contribution in [2.75, 3.05) is 14.2 Å². The van der Waals surface area contributed by atoms with Gasteiger partial charge in [-0.1, -0.05) is 23.2 Å². The lowest BCUT2D eigenvalue weighted by Gasteiger charge is -2.33. The number of hydrogen-bond donors (Lipinski definition) is 1. The largest absolute Gasteiger partial charge is 0.468 e. The fraction of sp³-hybridized carbons (Fsp3) is 0.286. The van der Waals surface area contributed by atoms with Crippen molar-refractivity contribution in [3.63, 3.8) is 0 Å². The Morgan fingerprint density at radius 3 is 2.48 bits per heavy atom. The summed E-state index contributed by atoms with van der Waals surface area (Å²) in [6, 6.07) is 2.64. The summed E-state index contributed by atoms with van der Waals surface area (Å²) in [7, 11) is 2.43. The fourth-order valence-corrected chi connectivity index (χ4v) is 3.51. The summed E-state index contributed by atoms with van der Waals surface area (Å²) >= 11 is 11.9. The number of imide groups is 1. The third kappa shape index (κ3) is 1.77. The molecular weight excluding hydrogens is 347 g/mol. The summed E-state index contributed by atoms with van der Waals surface area (Å²) in [5.74, 6) is -4.61. The first-order chi connectivity index (χ1) is 10.8. The molecule has 1 aromatic carbocycles. The summed E-state index contributed by atoms with van der Waals surface area (Å²) in [4.78, 5) is 50.3. The van der Waals surface area contributed by atoms with E-state index in [1.807, 2.05) is 0 Å². The molecule has 0 aliphatic carbocycles. The highest BCUT2D eigenvalue weighted by molar-refractivity contribution is 6.42. The van der Waals surface area contributed by atoms with Gasteiger partial charge in [0.2, 0.25) is 5.91 Å². The molecule has 2 atom stereocenters. The summed E-state index contributed by atoms with van der Waals surface area (Å²) in [5.41, 5.74) is -1.57. The second kappa shape index (κ2) is 4.94. The van der Waals surface area contributed by atoms with Gasteiger partial charge in [0.15, 0.2) is 11.5 Å². The van der Waals surface area contributed by atoms with Crippen molar-refractivity contribution < 1.29 is 23.9 Å². The zero-order valence-electron chi connectivity index (χ0n) is 12.0. The third-order valence-corrected chi connectivity index (χ3v) is 4.96. The number of ether oxygens (including phenoxy) is 1. The molecule has 0 radical (unpaired) electrons. The van der Waals surface area contributed by atoms with Crippen molar-refractivity contribution in [3.8, 4) is 0 Å². The molecule has 0 aromatic heterocycles. The number of fused-ring (bicyclic) bond motifs is 2. The SMILES string of the molecule is COC(=O)C1C(=O)NC(=O)C12c1cc(Cl)c(Cl)cc1C(=O)N2C. The van der Waals surface area contributed by atoms with E-state index in [4.69, 9.17) is 23.2 Å². The molecule has 0 saturated carbocycles. The van der Waals surface area contributed by atoms with Crippen molar-refractivity contribution >= 4 is 46.9 Å². The van der Waals surface area contributed by atoms with E-state index in [0.717, 1.165) is 12.0 Å². The van der Waals surface area contributed by atoms with Gasteiger partial charge in [0.25, 0.3) is 11.8 Å². The normalized spacial score (nSPS) is 25.8. The van der Waals surface area contributed by atoms with Gasteiger partial charge in [-0.05, 0) is 12.1 Å². The monoisotopic (exact) mass is 356 g/mol. The Morgan fingerprint density at radius 1 is 1.26 bits per heavy atom. The van der Waals surface area contributed by atoms with Crippen LogP contribution in [0, 0.1) is 5.92 Å². The van der Waals surface area contributed by atoms with Gasteiger partial charge in [0.1, 0.15) is 0 Å². The van der Waals surface area contributed by atoms with Gasteiger partial charge in [0.05, 0.1) is 17.2 Å². The number of halogens is 2. The van der Waals surface area contributed by atoms with Crippen molar-refractivity contribution in [1.82, 2.24) is 10.2 Å². The quantitative estimate of drug-likeness (QED) is 0.454. The number of esters is 1. The first-order valence-electron chi connectivity index (χ1n) is 6.47. The van der Waals surface area contributed by atoms with Crippen molar-refractivity contribution in [2.24, 2.45) is 5.92 Å². The fourth-order valence-electron chi connectivity index (χ4n) is 3.18. The number of carbonyl (C=O) groups excluding carboxylic acids is 4. The zero-order chi connectivity index (χ0) is 17.1. The molecule has 1 fully saturated rings. The second-order valence-corrected chi connectivity index (χ2v) is 6.03. The van der Waals surface area contributed by atoms with E-state index in [1.54, 1.807) is 0 Å². The van der Waals surface area contributed by atoms with Gasteiger partial charge in [-0.3, -0.25) is 24.5 Å². The number of methoxy groups -OCH3 is 1. The van der Waals surface area contributed by atoms with Crippen LogP contribution in [0.15, 0.2) is 12.1 Å². The smallest absolute Gasteiger partial charge is 0.321 e. The molecule has 1 saturated heterocycles. The Labute approximate surface area is 140 Å². The highest BCUT2D eigenvalue weighted by Crippen LogP contribution is 2.48. The van der Waals surface area contributed by atoms with Crippen LogP contribution in [0.25, 0.3) is 0 Å². The van der Waals surface area contributed by atoms with Gasteiger partial charge < -0.3 is 9.64 Å². The van der Waals surface area contributed by atoms with E-state index in [2.05, 4.69) is 10.1 Å². The maximum atomic E-state index is 12.5. The van der Waals surface area contributed by atoms with Crippen molar-refractivity contribution in [2.45, 2.75) is 5.54 Å². The van der Waals surface area contributed by atoms with Gasteiger partial charge in [-0.2, -0.15) is 0 Å². The van der Waals surface area contributed by atoms with Crippen LogP contribution in [0.5, 0.6) is 0 Å². The number of amides is 3. The molecule has 23 heavy (non-hydrogen) atoms. The maximum Gasteiger partial charge on any atom is 0.321 e. The lowest BCUT2D eigenvalue weighted by molar-refractivity contribution is -0.154. The second-order valence-electron chi connectivity index (χ2n) is 5.22. The maximum absolute atomic E-state index is 12.5. The highest BCUT2D eigenvalue weighted by atomic mass is 35.5. The molecule has 2 heterocycles. The summed E-state index contributed by atoms with van der Waals surface area (Å²) < 4.78 is 4.64. The van der Waals surface area contributed by atoms with E-state index >= 15 is 0 Å². The van der Waals surface area contributed by atoms with Crippen molar-refractivity contribution in [3.05, 3.63) is 33.3 Å². The number of benzene rings is 1. The Bertz CT molecular complexity index is 794. The number of hydrogen-bond acceptors (Lipinski definition) is 5. The summed E-state index contributed by atoms with van der Waals surface area (Å²) in [6.45, 7) is 0. The molecular formula is C14H10Cl2N2O5. The number of likely N-dealkylation sites (N-methyl/N-ethyl adjacent to an activating group) is 1. The van der Waals surface area contributed by atoms with Crippen LogP contribution in [0.4, 0.5) is 0 Å². The molecule has 9 heteroatoms. The van der Waals surface area contributed by atoms with Crippen LogP contribution in [-0.2, 0) is 24.7 Å². The average Bonchev–Trinajstić information content (AvgIpc) is 2.88. The van der Waals surface area contributed by atoms with Gasteiger partial charge in [-0.25, -0.2) is 0 Å². The topological polar surface area (TPSA) is 92.8 Å². The Balaban J connectivity index is 2.36. The van der Waals surface area contributed by atoms with Gasteiger partial charge in [-0.15, -0.1) is 0 Å². The Kier molecular flexibility index (Phi) is 3.38. The standard InChI is InChI=1S/C14H10Cl2N2O5/c1-18-11(20)5-3-7(15)8(16)4-6(5)14(18)9(12(21)23-2)10(19)17-13(14)22/h3-4,9H,1-2H3,(H,17,19,22). The van der Waals surface area contributed by atoms with Crippen LogP contribution in [-0.4, -0.2) is 42.7 Å². The molecule has 120 valence electrons. The number of nitrogens with zero attached hydrogens (tertiary/aromatic N) is 1. The minimum atomic E-state index is -1.83. The molecule has 0 bridgehead atoms. The summed E-state index contributed by atoms with van der Waals surface area (Å²) in [5, 5.41) is 2.32. The lowest BCUT2D eigenvalue weighted by atomic mass is 9.79. The molecule has 1 N–H and O–H groups in total. The zero-order valence-corrected chi connectivity index (χ0v) is 13.5. The molecule has 1 aromatic rings. The van der Waals surface area contributed by atoms with E-state index in [1.165, 1.54) is 19.2 Å². The average molecular weight is 357 g/mol. The number of carbonyl (C=O) groups is 4. The first-order valence-corrected chi connectivity index (χ1v) is 7.23. The van der Waals surface area contributed by atoms with E-state index in [0.29, 0.717) is 0 Å². The number of rotatable bonds is 1. The summed E-state index contributed by atoms with van der Waals surface area (Å²) in [6.07, 6.45) is 0. The van der Waals surface area contributed by atoms with Crippen LogP contribution < -0.4 is 5.32 Å². The molecule has 7 nitrogen and oxygen atoms in total.